The second-order valence-electron chi connectivity index (χ2n) is 5.03. The van der Waals surface area contributed by atoms with Gasteiger partial charge in [-0.3, -0.25) is 0 Å². The Morgan fingerprint density at radius 1 is 1.30 bits per heavy atom. The molecule has 2 rings (SSSR count). The Hall–Kier alpha value is -1.33. The molecule has 5 heteroatoms. The zero-order chi connectivity index (χ0) is 14.5. The Morgan fingerprint density at radius 3 is 2.80 bits per heavy atom. The Kier molecular flexibility index (Phi) is 5.20. The summed E-state index contributed by atoms with van der Waals surface area (Å²) in [5, 5.41) is 4.02. The number of benzene rings is 1. The number of hydrogen-bond acceptors (Lipinski definition) is 5. The summed E-state index contributed by atoms with van der Waals surface area (Å²) in [5.41, 5.74) is 9.79. The van der Waals surface area contributed by atoms with Crippen LogP contribution in [0.1, 0.15) is 40.9 Å². The minimum Gasteiger partial charge on any atom is -0.338 e. The highest BCUT2D eigenvalue weighted by Gasteiger charge is 2.14. The maximum absolute atomic E-state index is 6.02. The molecular formula is C15H21N3OS. The first-order valence-corrected chi connectivity index (χ1v) is 8.12. The predicted octanol–water partition coefficient (Wildman–Crippen LogP) is 3.03. The van der Waals surface area contributed by atoms with Gasteiger partial charge in [-0.25, -0.2) is 0 Å². The van der Waals surface area contributed by atoms with Crippen LogP contribution in [-0.2, 0) is 6.42 Å². The van der Waals surface area contributed by atoms with E-state index in [4.69, 9.17) is 10.3 Å². The average Bonchev–Trinajstić information content (AvgIpc) is 2.89. The van der Waals surface area contributed by atoms with Gasteiger partial charge in [-0.05, 0) is 49.0 Å². The molecule has 20 heavy (non-hydrogen) atoms. The highest BCUT2D eigenvalue weighted by molar-refractivity contribution is 7.98. The minimum atomic E-state index is -0.163. The van der Waals surface area contributed by atoms with Gasteiger partial charge in [0.05, 0.1) is 6.04 Å². The molecule has 0 amide bonds. The molecule has 1 atom stereocenters. The van der Waals surface area contributed by atoms with Gasteiger partial charge in [0, 0.05) is 6.42 Å². The lowest BCUT2D eigenvalue weighted by Gasteiger charge is -2.04. The van der Waals surface area contributed by atoms with Crippen molar-refractivity contribution in [1.29, 1.82) is 0 Å². The number of aryl methyl sites for hydroxylation is 2. The molecule has 1 heterocycles. The van der Waals surface area contributed by atoms with Crippen LogP contribution in [0.25, 0.3) is 0 Å². The van der Waals surface area contributed by atoms with Crippen molar-refractivity contribution in [3.8, 4) is 0 Å². The Labute approximate surface area is 124 Å². The van der Waals surface area contributed by atoms with Gasteiger partial charge in [-0.15, -0.1) is 0 Å². The predicted molar refractivity (Wildman–Crippen MR) is 82.9 cm³/mol. The summed E-state index contributed by atoms with van der Waals surface area (Å²) >= 11 is 1.77. The summed E-state index contributed by atoms with van der Waals surface area (Å²) in [6, 6.07) is 6.23. The van der Waals surface area contributed by atoms with Gasteiger partial charge in [-0.2, -0.15) is 16.7 Å². The van der Waals surface area contributed by atoms with E-state index in [9.17, 15) is 0 Å². The first-order valence-electron chi connectivity index (χ1n) is 6.73. The molecule has 2 aromatic rings. The van der Waals surface area contributed by atoms with Crippen LogP contribution in [0.2, 0.25) is 0 Å². The van der Waals surface area contributed by atoms with E-state index in [0.29, 0.717) is 18.1 Å². The van der Waals surface area contributed by atoms with Crippen LogP contribution in [0.5, 0.6) is 0 Å². The Balaban J connectivity index is 2.03. The summed E-state index contributed by atoms with van der Waals surface area (Å²) in [6.07, 6.45) is 3.60. The summed E-state index contributed by atoms with van der Waals surface area (Å²) in [7, 11) is 0. The van der Waals surface area contributed by atoms with Gasteiger partial charge in [0.2, 0.25) is 5.89 Å². The summed E-state index contributed by atoms with van der Waals surface area (Å²) in [4.78, 5) is 4.40. The molecule has 0 aliphatic heterocycles. The average molecular weight is 291 g/mol. The molecule has 1 aromatic heterocycles. The molecule has 0 aliphatic rings. The van der Waals surface area contributed by atoms with Crippen LogP contribution in [0.3, 0.4) is 0 Å². The smallest absolute Gasteiger partial charge is 0.243 e. The monoisotopic (exact) mass is 291 g/mol. The van der Waals surface area contributed by atoms with E-state index in [1.54, 1.807) is 11.8 Å². The molecule has 1 aromatic carbocycles. The quantitative estimate of drug-likeness (QED) is 0.886. The molecule has 0 saturated heterocycles. The Morgan fingerprint density at radius 2 is 2.10 bits per heavy atom. The van der Waals surface area contributed by atoms with Crippen molar-refractivity contribution in [3.63, 3.8) is 0 Å². The molecule has 0 saturated carbocycles. The highest BCUT2D eigenvalue weighted by atomic mass is 32.2. The first-order chi connectivity index (χ1) is 9.60. The summed E-state index contributed by atoms with van der Waals surface area (Å²) < 4.78 is 5.25. The fourth-order valence-electron chi connectivity index (χ4n) is 1.95. The SMILES string of the molecule is CSCC[C@H](N)c1nc(Cc2ccc(C)c(C)c2)no1. The lowest BCUT2D eigenvalue weighted by atomic mass is 10.0. The van der Waals surface area contributed by atoms with Crippen LogP contribution < -0.4 is 5.73 Å². The number of nitrogens with zero attached hydrogens (tertiary/aromatic N) is 2. The van der Waals surface area contributed by atoms with Crippen molar-refractivity contribution in [2.75, 3.05) is 12.0 Å². The van der Waals surface area contributed by atoms with E-state index in [-0.39, 0.29) is 6.04 Å². The molecule has 0 spiro atoms. The first kappa shape index (κ1) is 15.1. The fraction of sp³-hybridized carbons (Fsp3) is 0.467. The number of hydrogen-bond donors (Lipinski definition) is 1. The van der Waals surface area contributed by atoms with Gasteiger partial charge >= 0.3 is 0 Å². The highest BCUT2D eigenvalue weighted by Crippen LogP contribution is 2.16. The zero-order valence-electron chi connectivity index (χ0n) is 12.2. The maximum Gasteiger partial charge on any atom is 0.243 e. The molecule has 108 valence electrons. The van der Waals surface area contributed by atoms with Crippen molar-refractivity contribution in [3.05, 3.63) is 46.6 Å². The largest absolute Gasteiger partial charge is 0.338 e. The van der Waals surface area contributed by atoms with E-state index in [1.165, 1.54) is 16.7 Å². The van der Waals surface area contributed by atoms with Crippen LogP contribution in [-0.4, -0.2) is 22.1 Å². The van der Waals surface area contributed by atoms with Crippen LogP contribution in [0, 0.1) is 13.8 Å². The second kappa shape index (κ2) is 6.90. The minimum absolute atomic E-state index is 0.163. The topological polar surface area (TPSA) is 64.9 Å². The van der Waals surface area contributed by atoms with Crippen molar-refractivity contribution >= 4 is 11.8 Å². The third-order valence-electron chi connectivity index (χ3n) is 3.37. The lowest BCUT2D eigenvalue weighted by Crippen LogP contribution is -2.11. The van der Waals surface area contributed by atoms with Crippen molar-refractivity contribution < 1.29 is 4.52 Å². The summed E-state index contributed by atoms with van der Waals surface area (Å²) in [5.74, 6) is 2.23. The maximum atomic E-state index is 6.02. The molecule has 0 radical (unpaired) electrons. The fourth-order valence-corrected chi connectivity index (χ4v) is 2.44. The van der Waals surface area contributed by atoms with Gasteiger partial charge in [0.25, 0.3) is 0 Å². The molecule has 0 bridgehead atoms. The van der Waals surface area contributed by atoms with Gasteiger partial charge in [0.1, 0.15) is 0 Å². The molecule has 2 N–H and O–H groups in total. The molecule has 0 unspecified atom stereocenters. The van der Waals surface area contributed by atoms with Crippen LogP contribution in [0.4, 0.5) is 0 Å². The third-order valence-corrected chi connectivity index (χ3v) is 4.01. The Bertz CT molecular complexity index is 568. The normalized spacial score (nSPS) is 12.6. The van der Waals surface area contributed by atoms with E-state index in [2.05, 4.69) is 48.4 Å². The van der Waals surface area contributed by atoms with Gasteiger partial charge < -0.3 is 10.3 Å². The third kappa shape index (κ3) is 3.84. The molecule has 0 fully saturated rings. The van der Waals surface area contributed by atoms with Gasteiger partial charge in [-0.1, -0.05) is 23.4 Å². The number of thioether (sulfide) groups is 1. The van der Waals surface area contributed by atoms with E-state index in [1.807, 2.05) is 0 Å². The second-order valence-corrected chi connectivity index (χ2v) is 6.02. The van der Waals surface area contributed by atoms with E-state index >= 15 is 0 Å². The van der Waals surface area contributed by atoms with Crippen molar-refractivity contribution in [2.24, 2.45) is 5.73 Å². The van der Waals surface area contributed by atoms with Crippen LogP contribution in [0.15, 0.2) is 22.7 Å². The van der Waals surface area contributed by atoms with Crippen LogP contribution >= 0.6 is 11.8 Å². The van der Waals surface area contributed by atoms with E-state index in [0.717, 1.165) is 12.2 Å². The molecule has 4 nitrogen and oxygen atoms in total. The number of rotatable bonds is 6. The lowest BCUT2D eigenvalue weighted by molar-refractivity contribution is 0.349. The number of nitrogens with two attached hydrogens (primary N) is 1. The van der Waals surface area contributed by atoms with Crippen molar-refractivity contribution in [2.45, 2.75) is 32.7 Å². The zero-order valence-corrected chi connectivity index (χ0v) is 13.0. The van der Waals surface area contributed by atoms with E-state index < -0.39 is 0 Å². The summed E-state index contributed by atoms with van der Waals surface area (Å²) in [6.45, 7) is 4.22. The standard InChI is InChI=1S/C15H21N3OS/c1-10-4-5-12(8-11(10)2)9-14-17-15(19-18-14)13(16)6-7-20-3/h4-5,8,13H,6-7,9,16H2,1-3H3/t13-/m0/s1. The van der Waals surface area contributed by atoms with Crippen molar-refractivity contribution in [1.82, 2.24) is 10.1 Å². The molecular weight excluding hydrogens is 270 g/mol. The number of aromatic nitrogens is 2. The van der Waals surface area contributed by atoms with Gasteiger partial charge in [0.15, 0.2) is 5.82 Å². The molecule has 0 aliphatic carbocycles.